The summed E-state index contributed by atoms with van der Waals surface area (Å²) in [5, 5.41) is 11.2. The Morgan fingerprint density at radius 3 is 2.68 bits per heavy atom. The number of hydrogen-bond donors (Lipinski definition) is 2. The van der Waals surface area contributed by atoms with Gasteiger partial charge >= 0.3 is 6.09 Å². The van der Waals surface area contributed by atoms with Crippen molar-refractivity contribution < 1.29 is 14.6 Å². The van der Waals surface area contributed by atoms with Gasteiger partial charge in [-0.05, 0) is 42.7 Å². The highest BCUT2D eigenvalue weighted by molar-refractivity contribution is 5.83. The van der Waals surface area contributed by atoms with Crippen molar-refractivity contribution >= 4 is 11.8 Å². The van der Waals surface area contributed by atoms with Gasteiger partial charge in [0, 0.05) is 25.3 Å². The van der Waals surface area contributed by atoms with Gasteiger partial charge in [0.05, 0.1) is 13.2 Å². The van der Waals surface area contributed by atoms with E-state index in [1.54, 1.807) is 0 Å². The molecule has 0 bridgehead atoms. The van der Waals surface area contributed by atoms with Gasteiger partial charge in [0.25, 0.3) is 0 Å². The van der Waals surface area contributed by atoms with Crippen LogP contribution in [0.5, 0.6) is 0 Å². The molecule has 1 aliphatic rings. The lowest BCUT2D eigenvalue weighted by molar-refractivity contribution is 0.0341. The average molecular weight is 264 g/mol. The van der Waals surface area contributed by atoms with Crippen LogP contribution >= 0.6 is 0 Å². The highest BCUT2D eigenvalue weighted by Crippen LogP contribution is 2.21. The van der Waals surface area contributed by atoms with Crippen molar-refractivity contribution in [1.82, 2.24) is 4.90 Å². The molecule has 0 unspecified atom stereocenters. The van der Waals surface area contributed by atoms with Crippen LogP contribution in [0.3, 0.4) is 0 Å². The van der Waals surface area contributed by atoms with Gasteiger partial charge in [-0.1, -0.05) is 0 Å². The largest absolute Gasteiger partial charge is 0.465 e. The number of rotatable bonds is 3. The lowest BCUT2D eigenvalue weighted by atomic mass is 10.0. The number of morpholine rings is 1. The van der Waals surface area contributed by atoms with Gasteiger partial charge in [-0.2, -0.15) is 0 Å². The number of hydrogen-bond acceptors (Lipinski definition) is 3. The van der Waals surface area contributed by atoms with Crippen LogP contribution in [0.25, 0.3) is 0 Å². The first kappa shape index (κ1) is 13.8. The highest BCUT2D eigenvalue weighted by atomic mass is 16.5. The minimum atomic E-state index is -1.03. The molecule has 1 amide bonds. The molecule has 5 nitrogen and oxygen atoms in total. The fourth-order valence-electron chi connectivity index (χ4n) is 2.29. The molecule has 1 heterocycles. The Morgan fingerprint density at radius 2 is 2.05 bits per heavy atom. The number of ether oxygens (including phenoxy) is 1. The van der Waals surface area contributed by atoms with E-state index in [1.165, 1.54) is 11.1 Å². The maximum absolute atomic E-state index is 10.7. The smallest absolute Gasteiger partial charge is 0.409 e. The first-order valence-corrected chi connectivity index (χ1v) is 6.46. The van der Waals surface area contributed by atoms with Crippen LogP contribution in [0.2, 0.25) is 0 Å². The molecular formula is C14H20N2O3. The maximum Gasteiger partial charge on any atom is 0.409 e. The van der Waals surface area contributed by atoms with Crippen LogP contribution in [0.4, 0.5) is 10.5 Å². The number of carbonyl (C=O) groups is 1. The number of aryl methyl sites for hydroxylation is 1. The number of amides is 1. The van der Waals surface area contributed by atoms with Crippen LogP contribution in [0.15, 0.2) is 12.1 Å². The molecule has 104 valence electrons. The summed E-state index contributed by atoms with van der Waals surface area (Å²) in [6.45, 7) is 8.31. The molecule has 0 saturated carbocycles. The van der Waals surface area contributed by atoms with E-state index in [1.807, 2.05) is 19.1 Å². The fourth-order valence-corrected chi connectivity index (χ4v) is 2.29. The molecule has 1 saturated heterocycles. The minimum absolute atomic E-state index is 0.638. The zero-order valence-corrected chi connectivity index (χ0v) is 11.4. The normalized spacial score (nSPS) is 16.3. The molecule has 0 aliphatic carbocycles. The van der Waals surface area contributed by atoms with E-state index >= 15 is 0 Å². The fraction of sp³-hybridized carbons (Fsp3) is 0.500. The summed E-state index contributed by atoms with van der Waals surface area (Å²) < 4.78 is 5.34. The van der Waals surface area contributed by atoms with Crippen molar-refractivity contribution in [3.8, 4) is 0 Å². The van der Waals surface area contributed by atoms with Gasteiger partial charge in [0.1, 0.15) is 0 Å². The van der Waals surface area contributed by atoms with Crippen LogP contribution in [0.1, 0.15) is 16.7 Å². The third-order valence-corrected chi connectivity index (χ3v) is 3.52. The summed E-state index contributed by atoms with van der Waals surface area (Å²) >= 11 is 0. The number of nitrogens with one attached hydrogen (secondary N) is 1. The molecule has 1 aliphatic heterocycles. The predicted molar refractivity (Wildman–Crippen MR) is 73.7 cm³/mol. The number of anilines is 1. The summed E-state index contributed by atoms with van der Waals surface area (Å²) in [4.78, 5) is 13.1. The second-order valence-electron chi connectivity index (χ2n) is 4.90. The Labute approximate surface area is 113 Å². The van der Waals surface area contributed by atoms with E-state index < -0.39 is 6.09 Å². The van der Waals surface area contributed by atoms with Crippen molar-refractivity contribution in [3.63, 3.8) is 0 Å². The topological polar surface area (TPSA) is 61.8 Å². The Balaban J connectivity index is 2.17. The van der Waals surface area contributed by atoms with Crippen LogP contribution in [-0.2, 0) is 11.3 Å². The molecule has 1 aromatic carbocycles. The van der Waals surface area contributed by atoms with Crippen LogP contribution in [-0.4, -0.2) is 42.4 Å². The van der Waals surface area contributed by atoms with Crippen LogP contribution in [0, 0.1) is 13.8 Å². The molecule has 5 heteroatoms. The molecule has 2 rings (SSSR count). The van der Waals surface area contributed by atoms with Crippen molar-refractivity contribution in [2.75, 3.05) is 31.6 Å². The summed E-state index contributed by atoms with van der Waals surface area (Å²) in [6, 6.07) is 3.79. The van der Waals surface area contributed by atoms with Gasteiger partial charge in [-0.25, -0.2) is 4.79 Å². The molecule has 0 aromatic heterocycles. The number of carboxylic acid groups (broad SMARTS) is 1. The van der Waals surface area contributed by atoms with Crippen molar-refractivity contribution in [2.45, 2.75) is 20.4 Å². The van der Waals surface area contributed by atoms with E-state index in [0.29, 0.717) is 5.69 Å². The summed E-state index contributed by atoms with van der Waals surface area (Å²) in [5.41, 5.74) is 4.14. The summed E-state index contributed by atoms with van der Waals surface area (Å²) in [6.07, 6.45) is -1.03. The molecule has 1 fully saturated rings. The Hall–Kier alpha value is -1.59. The standard InChI is InChI=1S/C14H20N2O3/c1-10-7-13(15-14(17)18)8-12(11(10)2)9-16-3-5-19-6-4-16/h7-8,15H,3-6,9H2,1-2H3,(H,17,18). The summed E-state index contributed by atoms with van der Waals surface area (Å²) in [7, 11) is 0. The number of benzene rings is 1. The minimum Gasteiger partial charge on any atom is -0.465 e. The molecular weight excluding hydrogens is 244 g/mol. The molecule has 0 atom stereocenters. The van der Waals surface area contributed by atoms with Crippen LogP contribution < -0.4 is 5.32 Å². The molecule has 1 aromatic rings. The van der Waals surface area contributed by atoms with Crippen molar-refractivity contribution in [2.24, 2.45) is 0 Å². The lowest BCUT2D eigenvalue weighted by Gasteiger charge is -2.27. The average Bonchev–Trinajstić information content (AvgIpc) is 2.36. The third kappa shape index (κ3) is 3.68. The van der Waals surface area contributed by atoms with Gasteiger partial charge in [-0.15, -0.1) is 0 Å². The second kappa shape index (κ2) is 6.04. The molecule has 0 spiro atoms. The van der Waals surface area contributed by atoms with Gasteiger partial charge in [-0.3, -0.25) is 10.2 Å². The van der Waals surface area contributed by atoms with Gasteiger partial charge in [0.15, 0.2) is 0 Å². The monoisotopic (exact) mass is 264 g/mol. The summed E-state index contributed by atoms with van der Waals surface area (Å²) in [5.74, 6) is 0. The zero-order chi connectivity index (χ0) is 13.8. The van der Waals surface area contributed by atoms with E-state index in [2.05, 4.69) is 17.1 Å². The zero-order valence-electron chi connectivity index (χ0n) is 11.4. The second-order valence-corrected chi connectivity index (χ2v) is 4.90. The number of nitrogens with zero attached hydrogens (tertiary/aromatic N) is 1. The predicted octanol–water partition coefficient (Wildman–Crippen LogP) is 2.23. The maximum atomic E-state index is 10.7. The van der Waals surface area contributed by atoms with Gasteiger partial charge in [0.2, 0.25) is 0 Å². The van der Waals surface area contributed by atoms with E-state index in [-0.39, 0.29) is 0 Å². The Bertz CT molecular complexity index is 468. The Morgan fingerprint density at radius 1 is 1.37 bits per heavy atom. The highest BCUT2D eigenvalue weighted by Gasteiger charge is 2.13. The first-order valence-electron chi connectivity index (χ1n) is 6.46. The van der Waals surface area contributed by atoms with E-state index in [0.717, 1.165) is 38.4 Å². The molecule has 19 heavy (non-hydrogen) atoms. The molecule has 0 radical (unpaired) electrons. The third-order valence-electron chi connectivity index (χ3n) is 3.52. The van der Waals surface area contributed by atoms with Gasteiger partial charge < -0.3 is 9.84 Å². The SMILES string of the molecule is Cc1cc(NC(=O)O)cc(CN2CCOCC2)c1C. The quantitative estimate of drug-likeness (QED) is 0.878. The Kier molecular flexibility index (Phi) is 4.39. The molecule has 2 N–H and O–H groups in total. The first-order chi connectivity index (χ1) is 9.06. The van der Waals surface area contributed by atoms with E-state index in [9.17, 15) is 4.79 Å². The van der Waals surface area contributed by atoms with Crippen molar-refractivity contribution in [1.29, 1.82) is 0 Å². The van der Waals surface area contributed by atoms with E-state index in [4.69, 9.17) is 9.84 Å². The van der Waals surface area contributed by atoms with Crippen molar-refractivity contribution in [3.05, 3.63) is 28.8 Å². The lowest BCUT2D eigenvalue weighted by Crippen LogP contribution is -2.35.